The van der Waals surface area contributed by atoms with Gasteiger partial charge < -0.3 is 40.3 Å². The Bertz CT molecular complexity index is 2470. The van der Waals surface area contributed by atoms with Crippen LogP contribution in [0.3, 0.4) is 0 Å². The average Bonchev–Trinajstić information content (AvgIpc) is 3.45. The lowest BCUT2D eigenvalue weighted by Gasteiger charge is -2.45. The predicted octanol–water partition coefficient (Wildman–Crippen LogP) is 7.68. The minimum atomic E-state index is -1.62. The van der Waals surface area contributed by atoms with E-state index < -0.39 is 53.6 Å². The topological polar surface area (TPSA) is 183 Å². The van der Waals surface area contributed by atoms with E-state index in [0.717, 1.165) is 48.8 Å². The Morgan fingerprint density at radius 1 is 0.864 bits per heavy atom. The summed E-state index contributed by atoms with van der Waals surface area (Å²) in [5, 5.41) is 62.3. The fourth-order valence-electron chi connectivity index (χ4n) is 12.2. The first-order chi connectivity index (χ1) is 31.8. The first kappa shape index (κ1) is 46.1. The van der Waals surface area contributed by atoms with Crippen LogP contribution in [0.2, 0.25) is 0 Å². The van der Waals surface area contributed by atoms with E-state index in [9.17, 15) is 35.1 Å². The number of rotatable bonds is 8. The maximum atomic E-state index is 15.6. The molecule has 6 aliphatic rings. The number of hydrogen-bond donors (Lipinski definition) is 6. The van der Waals surface area contributed by atoms with Gasteiger partial charge in [-0.1, -0.05) is 68.7 Å². The number of esters is 2. The van der Waals surface area contributed by atoms with E-state index >= 15 is 4.79 Å². The number of fused-ring (bicyclic) bond motifs is 9. The van der Waals surface area contributed by atoms with Crippen LogP contribution in [0.25, 0.3) is 0 Å². The molecule has 8 atom stereocenters. The summed E-state index contributed by atoms with van der Waals surface area (Å²) >= 11 is 0. The smallest absolute Gasteiger partial charge is 0.334 e. The first-order valence-electron chi connectivity index (χ1n) is 24.6. The predicted molar refractivity (Wildman–Crippen MR) is 249 cm³/mol. The zero-order chi connectivity index (χ0) is 46.3. The number of aryl methyl sites for hydroxylation is 1. The van der Waals surface area contributed by atoms with E-state index in [-0.39, 0.29) is 80.6 Å². The molecule has 3 aliphatic heterocycles. The van der Waals surface area contributed by atoms with Crippen LogP contribution < -0.4 is 10.1 Å². The number of carbonyl (C=O) groups is 3. The second-order valence-electron chi connectivity index (χ2n) is 20.2. The van der Waals surface area contributed by atoms with Crippen molar-refractivity contribution in [2.24, 2.45) is 11.8 Å². The number of hydrogen-bond acceptors (Lipinski definition) is 11. The molecule has 66 heavy (non-hydrogen) atoms. The molecule has 11 heteroatoms. The van der Waals surface area contributed by atoms with Gasteiger partial charge in [0.1, 0.15) is 29.0 Å². The number of benzene rings is 3. The molecule has 2 fully saturated rings. The van der Waals surface area contributed by atoms with Crippen LogP contribution in [0, 0.1) is 23.7 Å². The quantitative estimate of drug-likeness (QED) is 0.0741. The molecule has 9 bridgehead atoms. The summed E-state index contributed by atoms with van der Waals surface area (Å²) in [6.45, 7) is 3.63. The second-order valence-corrected chi connectivity index (χ2v) is 20.2. The van der Waals surface area contributed by atoms with Crippen molar-refractivity contribution >= 4 is 23.4 Å². The maximum Gasteiger partial charge on any atom is 0.334 e. The van der Waals surface area contributed by atoms with Gasteiger partial charge in [0.25, 0.3) is 0 Å². The highest BCUT2D eigenvalue weighted by Crippen LogP contribution is 2.51. The number of aliphatic hydroxyl groups excluding tert-OH is 3. The van der Waals surface area contributed by atoms with Crippen molar-refractivity contribution in [3.05, 3.63) is 98.1 Å². The molecule has 9 rings (SSSR count). The maximum absolute atomic E-state index is 15.6. The van der Waals surface area contributed by atoms with E-state index in [1.807, 2.05) is 25.1 Å². The van der Waals surface area contributed by atoms with Gasteiger partial charge in [-0.15, -0.1) is 0 Å². The summed E-state index contributed by atoms with van der Waals surface area (Å²) in [7, 11) is 0. The summed E-state index contributed by atoms with van der Waals surface area (Å²) in [5.74, 6) is 4.06. The number of anilines is 1. The van der Waals surface area contributed by atoms with Crippen molar-refractivity contribution < 1.29 is 49.4 Å². The Labute approximate surface area is 388 Å². The Morgan fingerprint density at radius 3 is 2.44 bits per heavy atom. The van der Waals surface area contributed by atoms with Gasteiger partial charge in [0.15, 0.2) is 0 Å². The molecular formula is C55H65NO10. The SMILES string of the molecule is CCCC1(O)C2CCC(=O)C(Cc3ccc4c(c3)CC(O)C(=C3CC(c5cc(CO)cc(NCC(C)O)c5)C#CC5CC(=O)Oc6c5cc(c(O)c6C5CCCCC5)CC1OC3=O)CC4)C2. The van der Waals surface area contributed by atoms with Crippen molar-refractivity contribution in [3.63, 3.8) is 0 Å². The lowest BCUT2D eigenvalue weighted by atomic mass is 9.66. The van der Waals surface area contributed by atoms with E-state index in [1.54, 1.807) is 13.0 Å². The van der Waals surface area contributed by atoms with Crippen LogP contribution in [0.15, 0.2) is 53.6 Å². The molecule has 6 N–H and O–H groups in total. The number of ether oxygens (including phenoxy) is 2. The number of nitrogens with one attached hydrogen (secondary N) is 1. The summed E-state index contributed by atoms with van der Waals surface area (Å²) in [4.78, 5) is 43.0. The zero-order valence-electron chi connectivity index (χ0n) is 38.4. The van der Waals surface area contributed by atoms with Crippen LogP contribution in [-0.2, 0) is 51.4 Å². The minimum absolute atomic E-state index is 0.00363. The Morgan fingerprint density at radius 2 is 1.67 bits per heavy atom. The van der Waals surface area contributed by atoms with Gasteiger partial charge in [-0.3, -0.25) is 9.59 Å². The highest BCUT2D eigenvalue weighted by atomic mass is 16.6. The molecule has 3 aliphatic carbocycles. The normalized spacial score (nSPS) is 28.4. The summed E-state index contributed by atoms with van der Waals surface area (Å²) in [6, 6.07) is 13.6. The monoisotopic (exact) mass is 899 g/mol. The highest BCUT2D eigenvalue weighted by molar-refractivity contribution is 5.90. The van der Waals surface area contributed by atoms with Gasteiger partial charge in [-0.05, 0) is 134 Å². The fraction of sp³-hybridized carbons (Fsp3) is 0.545. The molecule has 3 aromatic carbocycles. The van der Waals surface area contributed by atoms with Crippen molar-refractivity contribution in [1.82, 2.24) is 0 Å². The van der Waals surface area contributed by atoms with Crippen molar-refractivity contribution in [1.29, 1.82) is 0 Å². The zero-order valence-corrected chi connectivity index (χ0v) is 38.4. The molecule has 0 spiro atoms. The molecule has 0 amide bonds. The first-order valence-corrected chi connectivity index (χ1v) is 24.6. The second kappa shape index (κ2) is 19.3. The van der Waals surface area contributed by atoms with Crippen molar-refractivity contribution in [2.45, 2.75) is 171 Å². The average molecular weight is 900 g/mol. The van der Waals surface area contributed by atoms with E-state index in [1.165, 1.54) is 0 Å². The molecule has 0 radical (unpaired) electrons. The van der Waals surface area contributed by atoms with Crippen LogP contribution in [0.1, 0.15) is 160 Å². The number of Topliss-reactive ketones (excluding diaryl/α,β-unsaturated/α-hetero) is 1. The van der Waals surface area contributed by atoms with Crippen molar-refractivity contribution in [3.8, 4) is 23.3 Å². The number of aliphatic hydroxyl groups is 4. The molecule has 0 aromatic heterocycles. The van der Waals surface area contributed by atoms with Crippen molar-refractivity contribution in [2.75, 3.05) is 11.9 Å². The molecule has 350 valence electrons. The number of aromatic hydroxyl groups is 1. The van der Waals surface area contributed by atoms with E-state index in [2.05, 4.69) is 35.4 Å². The number of carbonyl (C=O) groups excluding carboxylic acids is 3. The third-order valence-corrected chi connectivity index (χ3v) is 15.6. The standard InChI is InChI=1S/C55H65NO10/c1-3-17-55(64)42-14-16-47(59)40(22-42)19-32-9-10-34-13-15-44(48(60)26-39(34)18-32)46-24-36(38-20-33(30-57)21-43(23-38)56-29-31(2)58)11-12-37-28-50(61)66-53-45(37)25-41(27-49(55)65-54(46)63)52(62)51(53)35-7-5-4-6-8-35/h9-10,18,20-21,23,25,31,35-37,40,42,48-49,56-58,60,62,64H,3-8,13-17,19,22,24,26-30H2,1-2H3. The highest BCUT2D eigenvalue weighted by Gasteiger charge is 2.50. The summed E-state index contributed by atoms with van der Waals surface area (Å²) in [5.41, 5.74) is 5.79. The van der Waals surface area contributed by atoms with Crippen LogP contribution >= 0.6 is 0 Å². The largest absolute Gasteiger partial charge is 0.507 e. The molecular weight excluding hydrogens is 835 g/mol. The van der Waals surface area contributed by atoms with Gasteiger partial charge >= 0.3 is 11.9 Å². The van der Waals surface area contributed by atoms with Crippen LogP contribution in [0.5, 0.6) is 11.5 Å². The van der Waals surface area contributed by atoms with Gasteiger partial charge in [0.2, 0.25) is 0 Å². The van der Waals surface area contributed by atoms with E-state index in [4.69, 9.17) is 9.47 Å². The molecule has 11 nitrogen and oxygen atoms in total. The lowest BCUT2D eigenvalue weighted by Crippen LogP contribution is -2.54. The third-order valence-electron chi connectivity index (χ3n) is 15.6. The van der Waals surface area contributed by atoms with Gasteiger partial charge in [0, 0.05) is 60.0 Å². The summed E-state index contributed by atoms with van der Waals surface area (Å²) in [6.07, 6.45) is 5.17. The fourth-order valence-corrected chi connectivity index (χ4v) is 12.2. The Balaban J connectivity index is 1.30. The van der Waals surface area contributed by atoms with Crippen LogP contribution in [-0.4, -0.2) is 73.7 Å². The Kier molecular flexibility index (Phi) is 13.5. The molecule has 0 saturated heterocycles. The summed E-state index contributed by atoms with van der Waals surface area (Å²) < 4.78 is 13.0. The number of phenolic OH excluding ortho intramolecular Hbond substituents is 1. The van der Waals surface area contributed by atoms with Crippen LogP contribution in [0.4, 0.5) is 5.69 Å². The minimum Gasteiger partial charge on any atom is -0.507 e. The molecule has 8 unspecified atom stereocenters. The molecule has 2 saturated carbocycles. The lowest BCUT2D eigenvalue weighted by molar-refractivity contribution is -0.176. The Hall–Kier alpha value is -4.99. The van der Waals surface area contributed by atoms with Gasteiger partial charge in [0.05, 0.1) is 31.2 Å². The number of phenols is 1. The molecule has 3 heterocycles. The third kappa shape index (κ3) is 9.31. The van der Waals surface area contributed by atoms with E-state index in [0.29, 0.717) is 83.4 Å². The van der Waals surface area contributed by atoms with Gasteiger partial charge in [-0.2, -0.15) is 0 Å². The van der Waals surface area contributed by atoms with Gasteiger partial charge in [-0.25, -0.2) is 4.79 Å². The number of ketones is 1. The molecule has 3 aromatic rings.